The standard InChI is InChI=1S/C9H4BrCl2FN2S/c1-16-9-14-4-2-3(10)6(11)7(13)5(4)8(12)15-9/h2H,1H3. The molecule has 0 aliphatic rings. The highest BCUT2D eigenvalue weighted by atomic mass is 79.9. The van der Waals surface area contributed by atoms with E-state index in [1.165, 1.54) is 11.8 Å². The Labute approximate surface area is 114 Å². The molecule has 2 rings (SSSR count). The van der Waals surface area contributed by atoms with Crippen molar-refractivity contribution in [3.05, 3.63) is 26.5 Å². The second-order valence-electron chi connectivity index (χ2n) is 2.88. The van der Waals surface area contributed by atoms with Crippen molar-refractivity contribution in [2.24, 2.45) is 0 Å². The molecule has 84 valence electrons. The summed E-state index contributed by atoms with van der Waals surface area (Å²) in [4.78, 5) is 8.11. The number of halogens is 4. The summed E-state index contributed by atoms with van der Waals surface area (Å²) in [6.07, 6.45) is 1.82. The maximum absolute atomic E-state index is 13.8. The van der Waals surface area contributed by atoms with Crippen LogP contribution >= 0.6 is 50.9 Å². The van der Waals surface area contributed by atoms with E-state index in [9.17, 15) is 4.39 Å². The Morgan fingerprint density at radius 2 is 2.06 bits per heavy atom. The van der Waals surface area contributed by atoms with E-state index in [0.29, 0.717) is 15.1 Å². The molecule has 0 radical (unpaired) electrons. The molecule has 7 heteroatoms. The van der Waals surface area contributed by atoms with E-state index >= 15 is 0 Å². The Balaban J connectivity index is 2.90. The van der Waals surface area contributed by atoms with Gasteiger partial charge in [0, 0.05) is 4.47 Å². The number of benzene rings is 1. The van der Waals surface area contributed by atoms with Crippen LogP contribution in [0, 0.1) is 5.82 Å². The van der Waals surface area contributed by atoms with Gasteiger partial charge in [-0.05, 0) is 28.3 Å². The third-order valence-electron chi connectivity index (χ3n) is 1.94. The van der Waals surface area contributed by atoms with Crippen LogP contribution in [0.25, 0.3) is 10.9 Å². The molecule has 16 heavy (non-hydrogen) atoms. The summed E-state index contributed by atoms with van der Waals surface area (Å²) in [5.74, 6) is -0.608. The first kappa shape index (κ1) is 12.4. The number of nitrogens with zero attached hydrogens (tertiary/aromatic N) is 2. The Morgan fingerprint density at radius 1 is 1.38 bits per heavy atom. The van der Waals surface area contributed by atoms with Gasteiger partial charge in [0.05, 0.1) is 15.9 Å². The Hall–Kier alpha value is -0.100. The van der Waals surface area contributed by atoms with E-state index in [4.69, 9.17) is 23.2 Å². The number of hydrogen-bond acceptors (Lipinski definition) is 3. The van der Waals surface area contributed by atoms with Gasteiger partial charge in [-0.3, -0.25) is 0 Å². The number of aromatic nitrogens is 2. The first-order chi connectivity index (χ1) is 7.54. The lowest BCUT2D eigenvalue weighted by molar-refractivity contribution is 0.638. The number of thioether (sulfide) groups is 1. The number of fused-ring (bicyclic) bond motifs is 1. The lowest BCUT2D eigenvalue weighted by atomic mass is 10.2. The molecule has 1 aromatic carbocycles. The van der Waals surface area contributed by atoms with Crippen molar-refractivity contribution in [1.82, 2.24) is 9.97 Å². The zero-order chi connectivity index (χ0) is 11.9. The Morgan fingerprint density at radius 3 is 2.69 bits per heavy atom. The van der Waals surface area contributed by atoms with Crippen LogP contribution in [0.15, 0.2) is 15.7 Å². The van der Waals surface area contributed by atoms with E-state index in [1.54, 1.807) is 6.07 Å². The molecule has 0 saturated heterocycles. The molecule has 0 aliphatic carbocycles. The molecule has 0 N–H and O–H groups in total. The van der Waals surface area contributed by atoms with Crippen molar-refractivity contribution in [3.63, 3.8) is 0 Å². The minimum Gasteiger partial charge on any atom is -0.222 e. The highest BCUT2D eigenvalue weighted by Crippen LogP contribution is 2.34. The van der Waals surface area contributed by atoms with Crippen LogP contribution in [0.4, 0.5) is 4.39 Å². The maximum Gasteiger partial charge on any atom is 0.189 e. The van der Waals surface area contributed by atoms with Gasteiger partial charge in [0.15, 0.2) is 11.0 Å². The van der Waals surface area contributed by atoms with Gasteiger partial charge in [-0.1, -0.05) is 35.0 Å². The number of rotatable bonds is 1. The summed E-state index contributed by atoms with van der Waals surface area (Å²) in [5, 5.41) is 0.690. The first-order valence-electron chi connectivity index (χ1n) is 4.09. The van der Waals surface area contributed by atoms with Crippen molar-refractivity contribution in [3.8, 4) is 0 Å². The van der Waals surface area contributed by atoms with Gasteiger partial charge >= 0.3 is 0 Å². The molecule has 0 spiro atoms. The van der Waals surface area contributed by atoms with Gasteiger partial charge in [-0.15, -0.1) is 0 Å². The largest absolute Gasteiger partial charge is 0.222 e. The molecule has 2 nitrogen and oxygen atoms in total. The molecule has 0 atom stereocenters. The third-order valence-corrected chi connectivity index (χ3v) is 3.98. The molecule has 2 aromatic rings. The summed E-state index contributed by atoms with van der Waals surface area (Å²) < 4.78 is 14.3. The zero-order valence-corrected chi connectivity index (χ0v) is 11.8. The minimum atomic E-state index is -0.608. The highest BCUT2D eigenvalue weighted by Gasteiger charge is 2.15. The summed E-state index contributed by atoms with van der Waals surface area (Å²) in [6.45, 7) is 0. The van der Waals surface area contributed by atoms with E-state index in [0.717, 1.165) is 0 Å². The lowest BCUT2D eigenvalue weighted by Gasteiger charge is -2.06. The average Bonchev–Trinajstić information content (AvgIpc) is 2.25. The van der Waals surface area contributed by atoms with E-state index in [2.05, 4.69) is 25.9 Å². The van der Waals surface area contributed by atoms with Gasteiger partial charge in [0.25, 0.3) is 0 Å². The molecule has 0 fully saturated rings. The summed E-state index contributed by atoms with van der Waals surface area (Å²) in [5.41, 5.74) is 0.429. The summed E-state index contributed by atoms with van der Waals surface area (Å²) >= 11 is 16.1. The smallest absolute Gasteiger partial charge is 0.189 e. The van der Waals surface area contributed by atoms with Crippen molar-refractivity contribution in [1.29, 1.82) is 0 Å². The lowest BCUT2D eigenvalue weighted by Crippen LogP contribution is -1.93. The van der Waals surface area contributed by atoms with Crippen molar-refractivity contribution in [2.45, 2.75) is 5.16 Å². The predicted octanol–water partition coefficient (Wildman–Crippen LogP) is 4.56. The van der Waals surface area contributed by atoms with Gasteiger partial charge in [-0.2, -0.15) is 0 Å². The molecule has 1 aromatic heterocycles. The second kappa shape index (κ2) is 4.64. The third kappa shape index (κ3) is 2.01. The fourth-order valence-corrected chi connectivity index (χ4v) is 2.45. The van der Waals surface area contributed by atoms with Crippen LogP contribution in [0.5, 0.6) is 0 Å². The van der Waals surface area contributed by atoms with Gasteiger partial charge in [-0.25, -0.2) is 14.4 Å². The molecular weight excluding hydrogens is 338 g/mol. The topological polar surface area (TPSA) is 25.8 Å². The van der Waals surface area contributed by atoms with E-state index in [1.807, 2.05) is 6.26 Å². The number of hydrogen-bond donors (Lipinski definition) is 0. The molecule has 0 amide bonds. The molecule has 0 aliphatic heterocycles. The maximum atomic E-state index is 13.8. The van der Waals surface area contributed by atoms with Crippen LogP contribution in [0.2, 0.25) is 10.2 Å². The first-order valence-corrected chi connectivity index (χ1v) is 6.86. The normalized spacial score (nSPS) is 11.1. The van der Waals surface area contributed by atoms with Crippen LogP contribution < -0.4 is 0 Å². The monoisotopic (exact) mass is 340 g/mol. The van der Waals surface area contributed by atoms with Crippen LogP contribution in [0.1, 0.15) is 0 Å². The van der Waals surface area contributed by atoms with E-state index in [-0.39, 0.29) is 15.6 Å². The summed E-state index contributed by atoms with van der Waals surface area (Å²) in [6, 6.07) is 1.62. The highest BCUT2D eigenvalue weighted by molar-refractivity contribution is 9.10. The minimum absolute atomic E-state index is 0.0186. The Bertz CT molecular complexity index is 579. The van der Waals surface area contributed by atoms with Gasteiger partial charge < -0.3 is 0 Å². The van der Waals surface area contributed by atoms with Gasteiger partial charge in [0.2, 0.25) is 0 Å². The fraction of sp³-hybridized carbons (Fsp3) is 0.111. The Kier molecular flexibility index (Phi) is 3.59. The van der Waals surface area contributed by atoms with Gasteiger partial charge in [0.1, 0.15) is 5.15 Å². The van der Waals surface area contributed by atoms with Crippen molar-refractivity contribution >= 4 is 61.8 Å². The molecule has 1 heterocycles. The average molecular weight is 342 g/mol. The molecule has 0 bridgehead atoms. The predicted molar refractivity (Wildman–Crippen MR) is 69.0 cm³/mol. The van der Waals surface area contributed by atoms with Crippen molar-refractivity contribution in [2.75, 3.05) is 6.26 Å². The van der Waals surface area contributed by atoms with Crippen LogP contribution in [-0.2, 0) is 0 Å². The molecule has 0 saturated carbocycles. The second-order valence-corrected chi connectivity index (χ2v) is 5.25. The zero-order valence-electron chi connectivity index (χ0n) is 7.89. The van der Waals surface area contributed by atoms with Crippen LogP contribution in [-0.4, -0.2) is 16.2 Å². The van der Waals surface area contributed by atoms with Crippen molar-refractivity contribution < 1.29 is 4.39 Å². The molecular formula is C9H4BrCl2FN2S. The molecule has 0 unspecified atom stereocenters. The SMILES string of the molecule is CSc1nc(Cl)c2c(F)c(Cl)c(Br)cc2n1. The van der Waals surface area contributed by atoms with Crippen LogP contribution in [0.3, 0.4) is 0 Å². The quantitative estimate of drug-likeness (QED) is 0.329. The fourth-order valence-electron chi connectivity index (χ4n) is 1.23. The summed E-state index contributed by atoms with van der Waals surface area (Å²) in [7, 11) is 0. The van der Waals surface area contributed by atoms with E-state index < -0.39 is 5.82 Å².